The Balaban J connectivity index is 2.46. The average molecular weight is 263 g/mol. The molecule has 0 unspecified atom stereocenters. The number of nitrogens with two attached hydrogens (primary N) is 1. The van der Waals surface area contributed by atoms with Crippen LogP contribution in [0.2, 0.25) is 5.02 Å². The van der Waals surface area contributed by atoms with Crippen molar-refractivity contribution in [3.63, 3.8) is 0 Å². The number of sulfonamides is 1. The second-order valence-corrected chi connectivity index (χ2v) is 5.61. The maximum atomic E-state index is 12.1. The van der Waals surface area contributed by atoms with E-state index in [1.807, 2.05) is 0 Å². The first-order valence-electron chi connectivity index (χ1n) is 4.72. The van der Waals surface area contributed by atoms with Gasteiger partial charge in [0.2, 0.25) is 0 Å². The first kappa shape index (κ1) is 11.7. The third kappa shape index (κ3) is 2.01. The zero-order valence-electron chi connectivity index (χ0n) is 8.39. The van der Waals surface area contributed by atoms with Gasteiger partial charge in [0, 0.05) is 12.2 Å². The van der Waals surface area contributed by atoms with Gasteiger partial charge in [0.25, 0.3) is 10.0 Å². The van der Waals surface area contributed by atoms with Crippen LogP contribution in [0.3, 0.4) is 0 Å². The van der Waals surface area contributed by atoms with Gasteiger partial charge in [-0.15, -0.1) is 0 Å². The highest BCUT2D eigenvalue weighted by Gasteiger charge is 2.30. The van der Waals surface area contributed by atoms with Crippen LogP contribution in [-0.4, -0.2) is 26.0 Å². The van der Waals surface area contributed by atoms with E-state index in [1.54, 1.807) is 6.07 Å². The summed E-state index contributed by atoms with van der Waals surface area (Å²) in [5.41, 5.74) is 5.89. The molecule has 2 N–H and O–H groups in total. The maximum Gasteiger partial charge on any atom is 0.266 e. The molecule has 1 aliphatic rings. The van der Waals surface area contributed by atoms with E-state index in [0.29, 0.717) is 25.3 Å². The first-order chi connectivity index (χ1) is 7.51. The largest absolute Gasteiger partial charge is 0.399 e. The smallest absolute Gasteiger partial charge is 0.266 e. The van der Waals surface area contributed by atoms with Gasteiger partial charge in [-0.25, -0.2) is 8.42 Å². The van der Waals surface area contributed by atoms with E-state index in [-0.39, 0.29) is 9.92 Å². The number of hydroxylamine groups is 1. The molecule has 5 nitrogen and oxygen atoms in total. The number of hydrogen-bond donors (Lipinski definition) is 1. The summed E-state index contributed by atoms with van der Waals surface area (Å²) in [5.74, 6) is 0. The highest BCUT2D eigenvalue weighted by atomic mass is 35.5. The van der Waals surface area contributed by atoms with Crippen molar-refractivity contribution in [1.82, 2.24) is 4.47 Å². The molecule has 88 valence electrons. The summed E-state index contributed by atoms with van der Waals surface area (Å²) in [5, 5.41) is 0.143. The molecule has 0 spiro atoms. The van der Waals surface area contributed by atoms with E-state index in [4.69, 9.17) is 22.2 Å². The molecule has 0 bridgehead atoms. The summed E-state index contributed by atoms with van der Waals surface area (Å²) >= 11 is 5.84. The lowest BCUT2D eigenvalue weighted by Crippen LogP contribution is -2.27. The van der Waals surface area contributed by atoms with Crippen LogP contribution in [0.5, 0.6) is 0 Å². The Morgan fingerprint density at radius 2 is 2.19 bits per heavy atom. The topological polar surface area (TPSA) is 72.6 Å². The van der Waals surface area contributed by atoms with Crippen molar-refractivity contribution in [2.24, 2.45) is 0 Å². The van der Waals surface area contributed by atoms with Gasteiger partial charge in [-0.3, -0.25) is 4.84 Å². The van der Waals surface area contributed by atoms with Crippen molar-refractivity contribution in [2.45, 2.75) is 11.3 Å². The van der Waals surface area contributed by atoms with E-state index in [2.05, 4.69) is 0 Å². The summed E-state index contributed by atoms with van der Waals surface area (Å²) < 4.78 is 25.1. The summed E-state index contributed by atoms with van der Waals surface area (Å²) in [7, 11) is -3.69. The Kier molecular flexibility index (Phi) is 3.07. The summed E-state index contributed by atoms with van der Waals surface area (Å²) in [6.07, 6.45) is 0.680. The fourth-order valence-corrected chi connectivity index (χ4v) is 3.25. The summed E-state index contributed by atoms with van der Waals surface area (Å²) in [6.45, 7) is 0.743. The molecule has 0 saturated carbocycles. The number of benzene rings is 1. The predicted molar refractivity (Wildman–Crippen MR) is 60.3 cm³/mol. The first-order valence-corrected chi connectivity index (χ1v) is 6.54. The van der Waals surface area contributed by atoms with Gasteiger partial charge in [0.15, 0.2) is 0 Å². The zero-order chi connectivity index (χ0) is 11.8. The minimum Gasteiger partial charge on any atom is -0.399 e. The second-order valence-electron chi connectivity index (χ2n) is 3.41. The molecule has 0 amide bonds. The Morgan fingerprint density at radius 3 is 2.81 bits per heavy atom. The molecule has 1 saturated heterocycles. The fourth-order valence-electron chi connectivity index (χ4n) is 1.44. The SMILES string of the molecule is Nc1ccc(Cl)c(S(=O)(=O)N2CCCO2)c1. The third-order valence-electron chi connectivity index (χ3n) is 2.22. The number of nitrogen functional groups attached to an aromatic ring is 1. The molecule has 1 aromatic carbocycles. The Labute approximate surface area is 98.8 Å². The molecule has 0 radical (unpaired) electrons. The third-order valence-corrected chi connectivity index (χ3v) is 4.38. The number of anilines is 1. The highest BCUT2D eigenvalue weighted by molar-refractivity contribution is 7.89. The molecule has 0 aliphatic carbocycles. The molecular formula is C9H11ClN2O3S. The molecule has 1 aromatic rings. The second kappa shape index (κ2) is 4.21. The monoisotopic (exact) mass is 262 g/mol. The number of nitrogens with zero attached hydrogens (tertiary/aromatic N) is 1. The van der Waals surface area contributed by atoms with Crippen LogP contribution in [0, 0.1) is 0 Å². The molecule has 1 heterocycles. The van der Waals surface area contributed by atoms with Gasteiger partial charge in [0.05, 0.1) is 11.6 Å². The van der Waals surface area contributed by atoms with Crippen molar-refractivity contribution in [1.29, 1.82) is 0 Å². The van der Waals surface area contributed by atoms with Gasteiger partial charge < -0.3 is 5.73 Å². The van der Waals surface area contributed by atoms with E-state index in [0.717, 1.165) is 4.47 Å². The van der Waals surface area contributed by atoms with Gasteiger partial charge in [-0.1, -0.05) is 16.1 Å². The van der Waals surface area contributed by atoms with Crippen molar-refractivity contribution < 1.29 is 13.3 Å². The average Bonchev–Trinajstić information content (AvgIpc) is 2.75. The minimum atomic E-state index is -3.69. The Hall–Kier alpha value is -0.820. The molecule has 7 heteroatoms. The van der Waals surface area contributed by atoms with E-state index in [9.17, 15) is 8.42 Å². The predicted octanol–water partition coefficient (Wildman–Crippen LogP) is 1.25. The lowest BCUT2D eigenvalue weighted by Gasteiger charge is -2.15. The minimum absolute atomic E-state index is 0.0175. The van der Waals surface area contributed by atoms with Crippen molar-refractivity contribution in [3.8, 4) is 0 Å². The van der Waals surface area contributed by atoms with Crippen molar-refractivity contribution in [3.05, 3.63) is 23.2 Å². The van der Waals surface area contributed by atoms with E-state index < -0.39 is 10.0 Å². The number of rotatable bonds is 2. The van der Waals surface area contributed by atoms with Crippen LogP contribution in [-0.2, 0) is 14.9 Å². The van der Waals surface area contributed by atoms with Crippen molar-refractivity contribution in [2.75, 3.05) is 18.9 Å². The molecule has 0 atom stereocenters. The molecule has 1 aliphatic heterocycles. The van der Waals surface area contributed by atoms with Crippen LogP contribution >= 0.6 is 11.6 Å². The van der Waals surface area contributed by atoms with Gasteiger partial charge in [0.1, 0.15) is 4.90 Å². The fraction of sp³-hybridized carbons (Fsp3) is 0.333. The Bertz CT molecular complexity index is 497. The van der Waals surface area contributed by atoms with E-state index in [1.165, 1.54) is 12.1 Å². The summed E-state index contributed by atoms with van der Waals surface area (Å²) in [4.78, 5) is 5.00. The van der Waals surface area contributed by atoms with Crippen LogP contribution in [0.1, 0.15) is 6.42 Å². The lowest BCUT2D eigenvalue weighted by molar-refractivity contribution is -0.0284. The lowest BCUT2D eigenvalue weighted by atomic mass is 10.3. The normalized spacial score (nSPS) is 17.8. The molecule has 1 fully saturated rings. The van der Waals surface area contributed by atoms with E-state index >= 15 is 0 Å². The van der Waals surface area contributed by atoms with Gasteiger partial charge in [-0.2, -0.15) is 0 Å². The van der Waals surface area contributed by atoms with Crippen LogP contribution in [0.4, 0.5) is 5.69 Å². The van der Waals surface area contributed by atoms with Gasteiger partial charge in [-0.05, 0) is 24.6 Å². The standard InChI is InChI=1S/C9H11ClN2O3S/c10-8-3-2-7(11)6-9(8)16(13,14)12-4-1-5-15-12/h2-3,6H,1,4-5,11H2. The van der Waals surface area contributed by atoms with Crippen LogP contribution < -0.4 is 5.73 Å². The van der Waals surface area contributed by atoms with Crippen molar-refractivity contribution >= 4 is 27.3 Å². The number of hydrogen-bond acceptors (Lipinski definition) is 4. The quantitative estimate of drug-likeness (QED) is 0.814. The molecule has 2 rings (SSSR count). The maximum absolute atomic E-state index is 12.1. The molecular weight excluding hydrogens is 252 g/mol. The van der Waals surface area contributed by atoms with Crippen LogP contribution in [0.15, 0.2) is 23.1 Å². The molecule has 16 heavy (non-hydrogen) atoms. The summed E-state index contributed by atoms with van der Waals surface area (Å²) in [6, 6.07) is 4.34. The molecule has 0 aromatic heterocycles. The zero-order valence-corrected chi connectivity index (χ0v) is 9.96. The number of halogens is 1. The van der Waals surface area contributed by atoms with Crippen LogP contribution in [0.25, 0.3) is 0 Å². The Morgan fingerprint density at radius 1 is 1.44 bits per heavy atom. The highest BCUT2D eigenvalue weighted by Crippen LogP contribution is 2.28. The van der Waals surface area contributed by atoms with Gasteiger partial charge >= 0.3 is 0 Å².